The van der Waals surface area contributed by atoms with Crippen LogP contribution in [0.3, 0.4) is 0 Å². The van der Waals surface area contributed by atoms with E-state index in [1.54, 1.807) is 25.1 Å². The van der Waals surface area contributed by atoms with E-state index in [4.69, 9.17) is 4.74 Å². The third-order valence-electron chi connectivity index (χ3n) is 5.12. The van der Waals surface area contributed by atoms with E-state index in [0.29, 0.717) is 5.75 Å². The van der Waals surface area contributed by atoms with Gasteiger partial charge in [0.1, 0.15) is 5.75 Å². The molecular weight excluding hydrogens is 406 g/mol. The summed E-state index contributed by atoms with van der Waals surface area (Å²) in [5.74, 6) is 1.83. The number of aromatic nitrogens is 1. The maximum absolute atomic E-state index is 12.1. The van der Waals surface area contributed by atoms with Crippen LogP contribution in [0, 0.1) is 27.7 Å². The Morgan fingerprint density at radius 1 is 1.10 bits per heavy atom. The molecule has 0 unspecified atom stereocenters. The standard InChI is InChI=1S/C25H29N3O2S/c1-17-6-11-24(18(2)12-17)28-19(3)13-22(20(28)4)14-26-27-25(29)16-31-15-21-7-9-23(30-5)10-8-21/h6-14H,15-16H2,1-5H3,(H,27,29). The number of carbonyl (C=O) groups excluding carboxylic acids is 1. The van der Waals surface area contributed by atoms with E-state index in [2.05, 4.69) is 67.1 Å². The van der Waals surface area contributed by atoms with Gasteiger partial charge in [0.05, 0.1) is 19.1 Å². The van der Waals surface area contributed by atoms with Crippen molar-refractivity contribution in [2.45, 2.75) is 33.4 Å². The van der Waals surface area contributed by atoms with E-state index >= 15 is 0 Å². The largest absolute Gasteiger partial charge is 0.497 e. The first-order valence-electron chi connectivity index (χ1n) is 10.2. The smallest absolute Gasteiger partial charge is 0.250 e. The van der Waals surface area contributed by atoms with Crippen LogP contribution in [0.2, 0.25) is 0 Å². The number of hydrogen-bond acceptors (Lipinski definition) is 4. The first-order chi connectivity index (χ1) is 14.9. The highest BCUT2D eigenvalue weighted by atomic mass is 32.2. The average Bonchev–Trinajstić information content (AvgIpc) is 3.02. The Morgan fingerprint density at radius 2 is 1.84 bits per heavy atom. The maximum Gasteiger partial charge on any atom is 0.250 e. The number of hydrazone groups is 1. The molecule has 1 amide bonds. The van der Waals surface area contributed by atoms with E-state index in [0.717, 1.165) is 34.0 Å². The lowest BCUT2D eigenvalue weighted by Crippen LogP contribution is -2.19. The Morgan fingerprint density at radius 3 is 2.52 bits per heavy atom. The lowest BCUT2D eigenvalue weighted by molar-refractivity contribution is -0.118. The van der Waals surface area contributed by atoms with Gasteiger partial charge in [0.15, 0.2) is 0 Å². The second-order valence-corrected chi connectivity index (χ2v) is 8.57. The number of benzene rings is 2. The Hall–Kier alpha value is -2.99. The molecule has 0 saturated carbocycles. The fourth-order valence-corrected chi connectivity index (χ4v) is 4.31. The summed E-state index contributed by atoms with van der Waals surface area (Å²) in [4.78, 5) is 12.1. The average molecular weight is 436 g/mol. The predicted molar refractivity (Wildman–Crippen MR) is 130 cm³/mol. The fourth-order valence-electron chi connectivity index (χ4n) is 3.53. The van der Waals surface area contributed by atoms with Crippen molar-refractivity contribution in [3.8, 4) is 11.4 Å². The van der Waals surface area contributed by atoms with Gasteiger partial charge in [-0.1, -0.05) is 29.8 Å². The first-order valence-corrected chi connectivity index (χ1v) is 11.3. The summed E-state index contributed by atoms with van der Waals surface area (Å²) in [5.41, 5.74) is 10.6. The zero-order chi connectivity index (χ0) is 22.4. The van der Waals surface area contributed by atoms with Gasteiger partial charge in [0.2, 0.25) is 5.91 Å². The van der Waals surface area contributed by atoms with Gasteiger partial charge in [0.25, 0.3) is 0 Å². The lowest BCUT2D eigenvalue weighted by Gasteiger charge is -2.13. The molecule has 0 aliphatic heterocycles. The van der Waals surface area contributed by atoms with Gasteiger partial charge in [-0.3, -0.25) is 4.79 Å². The van der Waals surface area contributed by atoms with Crippen LogP contribution in [0.25, 0.3) is 5.69 Å². The highest BCUT2D eigenvalue weighted by Crippen LogP contribution is 2.23. The fraction of sp³-hybridized carbons (Fsp3) is 0.280. The topological polar surface area (TPSA) is 55.6 Å². The van der Waals surface area contributed by atoms with Crippen molar-refractivity contribution in [3.63, 3.8) is 0 Å². The third-order valence-corrected chi connectivity index (χ3v) is 6.12. The number of nitrogens with zero attached hydrogens (tertiary/aromatic N) is 2. The van der Waals surface area contributed by atoms with E-state index in [-0.39, 0.29) is 5.91 Å². The molecule has 0 fully saturated rings. The maximum atomic E-state index is 12.1. The van der Waals surface area contributed by atoms with Crippen LogP contribution in [-0.2, 0) is 10.5 Å². The number of carbonyl (C=O) groups is 1. The Bertz CT molecular complexity index is 1080. The molecule has 2 aromatic carbocycles. The van der Waals surface area contributed by atoms with Gasteiger partial charge >= 0.3 is 0 Å². The van der Waals surface area contributed by atoms with E-state index in [1.165, 1.54) is 16.8 Å². The molecule has 1 heterocycles. The highest BCUT2D eigenvalue weighted by molar-refractivity contribution is 7.99. The molecule has 162 valence electrons. The van der Waals surface area contributed by atoms with E-state index in [9.17, 15) is 4.79 Å². The van der Waals surface area contributed by atoms with Crippen LogP contribution in [-0.4, -0.2) is 29.6 Å². The number of amides is 1. The van der Waals surface area contributed by atoms with Gasteiger partial charge in [0, 0.05) is 28.4 Å². The minimum atomic E-state index is -0.113. The molecule has 0 aliphatic rings. The SMILES string of the molecule is COc1ccc(CSCC(=O)NN=Cc2cc(C)n(-c3ccc(C)cc3C)c2C)cc1. The minimum Gasteiger partial charge on any atom is -0.497 e. The normalized spacial score (nSPS) is 11.1. The van der Waals surface area contributed by atoms with E-state index < -0.39 is 0 Å². The monoisotopic (exact) mass is 435 g/mol. The summed E-state index contributed by atoms with van der Waals surface area (Å²) >= 11 is 1.55. The summed E-state index contributed by atoms with van der Waals surface area (Å²) in [6.45, 7) is 8.37. The molecule has 5 nitrogen and oxygen atoms in total. The number of rotatable bonds is 8. The predicted octanol–water partition coefficient (Wildman–Crippen LogP) is 5.10. The number of nitrogens with one attached hydrogen (secondary N) is 1. The molecule has 0 bridgehead atoms. The molecule has 0 radical (unpaired) electrons. The molecule has 0 saturated heterocycles. The first kappa shape index (κ1) is 22.7. The van der Waals surface area contributed by atoms with Crippen LogP contribution in [0.1, 0.15) is 33.6 Å². The van der Waals surface area contributed by atoms with Crippen LogP contribution in [0.15, 0.2) is 53.6 Å². The summed E-state index contributed by atoms with van der Waals surface area (Å²) < 4.78 is 7.38. The van der Waals surface area contributed by atoms with Gasteiger partial charge in [-0.25, -0.2) is 5.43 Å². The van der Waals surface area contributed by atoms with Crippen molar-refractivity contribution >= 4 is 23.9 Å². The molecule has 31 heavy (non-hydrogen) atoms. The van der Waals surface area contributed by atoms with Crippen molar-refractivity contribution in [2.24, 2.45) is 5.10 Å². The van der Waals surface area contributed by atoms with Gasteiger partial charge in [-0.15, -0.1) is 11.8 Å². The van der Waals surface area contributed by atoms with Crippen molar-refractivity contribution < 1.29 is 9.53 Å². The second-order valence-electron chi connectivity index (χ2n) is 7.59. The number of ether oxygens (including phenoxy) is 1. The third kappa shape index (κ3) is 5.79. The molecule has 0 atom stereocenters. The molecule has 0 spiro atoms. The molecular formula is C25H29N3O2S. The van der Waals surface area contributed by atoms with Gasteiger partial charge in [-0.2, -0.15) is 5.10 Å². The highest BCUT2D eigenvalue weighted by Gasteiger charge is 2.11. The lowest BCUT2D eigenvalue weighted by atomic mass is 10.1. The molecule has 0 aliphatic carbocycles. The van der Waals surface area contributed by atoms with Crippen LogP contribution < -0.4 is 10.2 Å². The summed E-state index contributed by atoms with van der Waals surface area (Å²) in [5, 5.41) is 4.17. The van der Waals surface area contributed by atoms with Gasteiger partial charge in [-0.05, 0) is 63.1 Å². The quantitative estimate of drug-likeness (QED) is 0.395. The van der Waals surface area contributed by atoms with Crippen molar-refractivity contribution in [2.75, 3.05) is 12.9 Å². The number of thioether (sulfide) groups is 1. The Balaban J connectivity index is 1.56. The number of hydrogen-bond donors (Lipinski definition) is 1. The number of aryl methyl sites for hydroxylation is 3. The Labute approximate surface area is 188 Å². The molecule has 6 heteroatoms. The molecule has 3 rings (SSSR count). The number of methoxy groups -OCH3 is 1. The van der Waals surface area contributed by atoms with E-state index in [1.807, 2.05) is 24.3 Å². The minimum absolute atomic E-state index is 0.113. The van der Waals surface area contributed by atoms with Gasteiger partial charge < -0.3 is 9.30 Å². The van der Waals surface area contributed by atoms with Crippen LogP contribution in [0.5, 0.6) is 5.75 Å². The summed E-state index contributed by atoms with van der Waals surface area (Å²) in [7, 11) is 1.65. The zero-order valence-corrected chi connectivity index (χ0v) is 19.5. The van der Waals surface area contributed by atoms with Crippen molar-refractivity contribution in [1.29, 1.82) is 0 Å². The molecule has 3 aromatic rings. The van der Waals surface area contributed by atoms with Crippen LogP contribution >= 0.6 is 11.8 Å². The van der Waals surface area contributed by atoms with Crippen LogP contribution in [0.4, 0.5) is 0 Å². The van der Waals surface area contributed by atoms with Crippen molar-refractivity contribution in [3.05, 3.63) is 82.2 Å². The molecule has 1 aromatic heterocycles. The summed E-state index contributed by atoms with van der Waals surface area (Å²) in [6.07, 6.45) is 1.72. The summed E-state index contributed by atoms with van der Waals surface area (Å²) in [6, 6.07) is 16.4. The second kappa shape index (κ2) is 10.4. The Kier molecular flexibility index (Phi) is 7.58. The van der Waals surface area contributed by atoms with Crippen molar-refractivity contribution in [1.82, 2.24) is 9.99 Å². The zero-order valence-electron chi connectivity index (χ0n) is 18.7. The molecule has 1 N–H and O–H groups in total.